The monoisotopic (exact) mass is 391 g/mol. The Morgan fingerprint density at radius 1 is 1.14 bits per heavy atom. The molecule has 0 unspecified atom stereocenters. The van der Waals surface area contributed by atoms with Gasteiger partial charge in [-0.3, -0.25) is 9.69 Å². The van der Waals surface area contributed by atoms with Crippen molar-refractivity contribution in [1.82, 2.24) is 4.90 Å². The normalized spacial score (nSPS) is 14.6. The Kier molecular flexibility index (Phi) is 6.88. The number of benzene rings is 2. The summed E-state index contributed by atoms with van der Waals surface area (Å²) in [5.74, 6) is 0.584. The van der Waals surface area contributed by atoms with Crippen molar-refractivity contribution in [3.63, 3.8) is 0 Å². The van der Waals surface area contributed by atoms with Crippen LogP contribution in [-0.4, -0.2) is 50.7 Å². The van der Waals surface area contributed by atoms with Gasteiger partial charge in [0.2, 0.25) is 0 Å². The Hall–Kier alpha value is -3.30. The van der Waals surface area contributed by atoms with Crippen molar-refractivity contribution in [2.75, 3.05) is 44.7 Å². The van der Waals surface area contributed by atoms with E-state index in [4.69, 9.17) is 9.47 Å². The van der Waals surface area contributed by atoms with Gasteiger partial charge < -0.3 is 14.4 Å². The Morgan fingerprint density at radius 3 is 2.59 bits per heavy atom. The molecule has 6 heteroatoms. The number of para-hydroxylation sites is 1. The van der Waals surface area contributed by atoms with E-state index in [1.807, 2.05) is 42.5 Å². The minimum absolute atomic E-state index is 0.372. The number of methoxy groups -OCH3 is 1. The van der Waals surface area contributed by atoms with Crippen molar-refractivity contribution in [3.05, 3.63) is 59.7 Å². The molecule has 2 aromatic rings. The van der Waals surface area contributed by atoms with Crippen LogP contribution in [0.25, 0.3) is 6.08 Å². The van der Waals surface area contributed by atoms with Crippen LogP contribution in [0.15, 0.2) is 48.5 Å². The van der Waals surface area contributed by atoms with Gasteiger partial charge in [0.15, 0.2) is 11.5 Å². The summed E-state index contributed by atoms with van der Waals surface area (Å²) in [5.41, 5.74) is 2.73. The van der Waals surface area contributed by atoms with E-state index in [0.717, 1.165) is 49.5 Å². The van der Waals surface area contributed by atoms with E-state index in [2.05, 4.69) is 21.9 Å². The van der Waals surface area contributed by atoms with Crippen LogP contribution in [-0.2, 0) is 4.79 Å². The number of esters is 1. The maximum Gasteiger partial charge on any atom is 0.308 e. The number of anilines is 1. The molecule has 0 bridgehead atoms. The Morgan fingerprint density at radius 2 is 1.90 bits per heavy atom. The summed E-state index contributed by atoms with van der Waals surface area (Å²) in [4.78, 5) is 15.8. The highest BCUT2D eigenvalue weighted by molar-refractivity contribution is 5.71. The van der Waals surface area contributed by atoms with Crippen LogP contribution in [0.2, 0.25) is 0 Å². The fourth-order valence-corrected chi connectivity index (χ4v) is 3.38. The van der Waals surface area contributed by atoms with Crippen molar-refractivity contribution in [3.8, 4) is 17.6 Å². The average Bonchev–Trinajstić information content (AvgIpc) is 2.75. The van der Waals surface area contributed by atoms with E-state index in [1.54, 1.807) is 13.2 Å². The van der Waals surface area contributed by atoms with Crippen molar-refractivity contribution in [2.24, 2.45) is 0 Å². The van der Waals surface area contributed by atoms with E-state index >= 15 is 0 Å². The predicted octanol–water partition coefficient (Wildman–Crippen LogP) is 3.33. The SMILES string of the molecule is COc1cc(C=CCN2CCN(c3ccccc3C#N)CC2)ccc1OC(C)=O. The smallest absolute Gasteiger partial charge is 0.308 e. The summed E-state index contributed by atoms with van der Waals surface area (Å²) < 4.78 is 10.4. The number of nitrogens with zero attached hydrogens (tertiary/aromatic N) is 3. The van der Waals surface area contributed by atoms with Crippen molar-refractivity contribution in [1.29, 1.82) is 5.26 Å². The van der Waals surface area contributed by atoms with Crippen molar-refractivity contribution < 1.29 is 14.3 Å². The summed E-state index contributed by atoms with van der Waals surface area (Å²) in [6, 6.07) is 15.5. The largest absolute Gasteiger partial charge is 0.493 e. The zero-order valence-electron chi connectivity index (χ0n) is 16.8. The molecule has 1 saturated heterocycles. The van der Waals surface area contributed by atoms with E-state index in [9.17, 15) is 10.1 Å². The second kappa shape index (κ2) is 9.76. The lowest BCUT2D eigenvalue weighted by molar-refractivity contribution is -0.132. The molecule has 0 aromatic heterocycles. The van der Waals surface area contributed by atoms with E-state index < -0.39 is 0 Å². The molecule has 0 atom stereocenters. The Balaban J connectivity index is 1.54. The first-order valence-electron chi connectivity index (χ1n) is 9.60. The topological polar surface area (TPSA) is 65.8 Å². The first-order valence-corrected chi connectivity index (χ1v) is 9.60. The molecule has 0 spiro atoms. The van der Waals surface area contributed by atoms with Crippen LogP contribution < -0.4 is 14.4 Å². The number of rotatable bonds is 6. The first kappa shape index (κ1) is 20.4. The standard InChI is InChI=1S/C23H25N3O3/c1-18(27)29-22-10-9-19(16-23(22)28-2)6-5-11-25-12-14-26(15-13-25)21-8-4-3-7-20(21)17-24/h3-10,16H,11-15H2,1-2H3. The number of nitriles is 1. The Bertz CT molecular complexity index is 925. The molecular weight excluding hydrogens is 366 g/mol. The van der Waals surface area contributed by atoms with Gasteiger partial charge in [0.25, 0.3) is 0 Å². The maximum absolute atomic E-state index is 11.1. The van der Waals surface area contributed by atoms with Gasteiger partial charge in [-0.15, -0.1) is 0 Å². The van der Waals surface area contributed by atoms with Gasteiger partial charge in [0.1, 0.15) is 6.07 Å². The molecule has 2 aromatic carbocycles. The second-order valence-electron chi connectivity index (χ2n) is 6.82. The molecule has 1 aliphatic rings. The van der Waals surface area contributed by atoms with E-state index in [0.29, 0.717) is 11.5 Å². The van der Waals surface area contributed by atoms with Crippen LogP contribution in [0.4, 0.5) is 5.69 Å². The van der Waals surface area contributed by atoms with E-state index in [-0.39, 0.29) is 5.97 Å². The minimum Gasteiger partial charge on any atom is -0.493 e. The van der Waals surface area contributed by atoms with Crippen LogP contribution in [0.1, 0.15) is 18.1 Å². The summed E-state index contributed by atoms with van der Waals surface area (Å²) in [5, 5.41) is 9.29. The fourth-order valence-electron chi connectivity index (χ4n) is 3.38. The molecule has 0 aliphatic carbocycles. The van der Waals surface area contributed by atoms with Crippen LogP contribution in [0.5, 0.6) is 11.5 Å². The number of hydrogen-bond acceptors (Lipinski definition) is 6. The molecule has 0 saturated carbocycles. The minimum atomic E-state index is -0.372. The molecule has 29 heavy (non-hydrogen) atoms. The molecule has 0 radical (unpaired) electrons. The van der Waals surface area contributed by atoms with Crippen LogP contribution in [0.3, 0.4) is 0 Å². The van der Waals surface area contributed by atoms with Gasteiger partial charge in [-0.05, 0) is 29.8 Å². The number of hydrogen-bond donors (Lipinski definition) is 0. The fraction of sp³-hybridized carbons (Fsp3) is 0.304. The first-order chi connectivity index (χ1) is 14.1. The highest BCUT2D eigenvalue weighted by Crippen LogP contribution is 2.28. The molecule has 1 aliphatic heterocycles. The number of piperazine rings is 1. The van der Waals surface area contributed by atoms with Gasteiger partial charge in [0, 0.05) is 39.6 Å². The second-order valence-corrected chi connectivity index (χ2v) is 6.82. The highest BCUT2D eigenvalue weighted by atomic mass is 16.6. The summed E-state index contributed by atoms with van der Waals surface area (Å²) >= 11 is 0. The zero-order valence-corrected chi connectivity index (χ0v) is 16.8. The predicted molar refractivity (Wildman–Crippen MR) is 113 cm³/mol. The lowest BCUT2D eigenvalue weighted by atomic mass is 10.1. The van der Waals surface area contributed by atoms with Gasteiger partial charge in [0.05, 0.1) is 18.4 Å². The van der Waals surface area contributed by atoms with Gasteiger partial charge in [-0.2, -0.15) is 5.26 Å². The van der Waals surface area contributed by atoms with Crippen molar-refractivity contribution in [2.45, 2.75) is 6.92 Å². The van der Waals surface area contributed by atoms with Gasteiger partial charge in [-0.1, -0.05) is 30.4 Å². The van der Waals surface area contributed by atoms with E-state index in [1.165, 1.54) is 6.92 Å². The molecule has 1 heterocycles. The molecule has 1 fully saturated rings. The number of carbonyl (C=O) groups is 1. The average molecular weight is 391 g/mol. The molecule has 3 rings (SSSR count). The highest BCUT2D eigenvalue weighted by Gasteiger charge is 2.18. The number of ether oxygens (including phenoxy) is 2. The molecule has 150 valence electrons. The van der Waals surface area contributed by atoms with Gasteiger partial charge in [-0.25, -0.2) is 0 Å². The zero-order chi connectivity index (χ0) is 20.6. The third kappa shape index (κ3) is 5.37. The quantitative estimate of drug-likeness (QED) is 0.556. The summed E-state index contributed by atoms with van der Waals surface area (Å²) in [6.45, 7) is 5.90. The number of carbonyl (C=O) groups excluding carboxylic acids is 1. The third-order valence-corrected chi connectivity index (χ3v) is 4.85. The van der Waals surface area contributed by atoms with Gasteiger partial charge >= 0.3 is 5.97 Å². The molecule has 0 amide bonds. The summed E-state index contributed by atoms with van der Waals surface area (Å²) in [7, 11) is 1.56. The lowest BCUT2D eigenvalue weighted by Crippen LogP contribution is -2.46. The maximum atomic E-state index is 11.1. The molecular formula is C23H25N3O3. The molecule has 6 nitrogen and oxygen atoms in total. The van der Waals surface area contributed by atoms with Crippen LogP contribution in [0, 0.1) is 11.3 Å². The Labute approximate surface area is 171 Å². The summed E-state index contributed by atoms with van der Waals surface area (Å²) in [6.07, 6.45) is 4.16. The third-order valence-electron chi connectivity index (χ3n) is 4.85. The van der Waals surface area contributed by atoms with Crippen molar-refractivity contribution >= 4 is 17.7 Å². The lowest BCUT2D eigenvalue weighted by Gasteiger charge is -2.36. The van der Waals surface area contributed by atoms with Crippen LogP contribution >= 0.6 is 0 Å². The molecule has 0 N–H and O–H groups in total.